The topological polar surface area (TPSA) is 6.48 Å². The molecule has 3 rings (SSSR count). The third kappa shape index (κ3) is 3.17. The predicted molar refractivity (Wildman–Crippen MR) is 86.4 cm³/mol. The average Bonchev–Trinajstić information content (AvgIpc) is 2.85. The summed E-state index contributed by atoms with van der Waals surface area (Å²) in [5.41, 5.74) is 3.24. The molecule has 1 aromatic carbocycles. The Morgan fingerprint density at radius 1 is 1.05 bits per heavy atom. The Labute approximate surface area is 123 Å². The standard InChI is InChI=1S/C18H28N2/c1-18(2,3)13-15-6-8-16(9-7-15)20-12-11-19-10-4-5-17(19)14-20/h6-9,17H,4-5,10-14H2,1-3H3. The van der Waals surface area contributed by atoms with Crippen LogP contribution in [0.2, 0.25) is 0 Å². The van der Waals surface area contributed by atoms with E-state index in [-0.39, 0.29) is 0 Å². The summed E-state index contributed by atoms with van der Waals surface area (Å²) in [5, 5.41) is 0. The zero-order valence-electron chi connectivity index (χ0n) is 13.2. The van der Waals surface area contributed by atoms with E-state index in [9.17, 15) is 0 Å². The maximum absolute atomic E-state index is 2.67. The van der Waals surface area contributed by atoms with E-state index in [1.807, 2.05) is 0 Å². The van der Waals surface area contributed by atoms with Gasteiger partial charge in [0.2, 0.25) is 0 Å². The molecule has 2 nitrogen and oxygen atoms in total. The first-order chi connectivity index (χ1) is 9.51. The number of hydrogen-bond acceptors (Lipinski definition) is 2. The van der Waals surface area contributed by atoms with Gasteiger partial charge in [-0.15, -0.1) is 0 Å². The van der Waals surface area contributed by atoms with Crippen molar-refractivity contribution in [2.75, 3.05) is 31.1 Å². The van der Waals surface area contributed by atoms with Gasteiger partial charge in [-0.2, -0.15) is 0 Å². The number of piperazine rings is 1. The van der Waals surface area contributed by atoms with E-state index in [1.54, 1.807) is 0 Å². The van der Waals surface area contributed by atoms with Crippen LogP contribution in [0.3, 0.4) is 0 Å². The van der Waals surface area contributed by atoms with Crippen molar-refractivity contribution in [3.05, 3.63) is 29.8 Å². The summed E-state index contributed by atoms with van der Waals surface area (Å²) >= 11 is 0. The second-order valence-corrected chi connectivity index (χ2v) is 7.68. The molecule has 20 heavy (non-hydrogen) atoms. The average molecular weight is 272 g/mol. The van der Waals surface area contributed by atoms with E-state index in [1.165, 1.54) is 50.3 Å². The number of nitrogens with zero attached hydrogens (tertiary/aromatic N) is 2. The van der Waals surface area contributed by atoms with Gasteiger partial charge in [-0.05, 0) is 48.9 Å². The molecule has 2 heterocycles. The Kier molecular flexibility index (Phi) is 3.76. The van der Waals surface area contributed by atoms with Crippen molar-refractivity contribution in [1.82, 2.24) is 4.90 Å². The Balaban J connectivity index is 1.65. The van der Waals surface area contributed by atoms with Crippen LogP contribution in [-0.4, -0.2) is 37.1 Å². The number of anilines is 1. The van der Waals surface area contributed by atoms with Crippen LogP contribution in [0.5, 0.6) is 0 Å². The van der Waals surface area contributed by atoms with Crippen molar-refractivity contribution in [2.24, 2.45) is 5.41 Å². The predicted octanol–water partition coefficient (Wildman–Crippen LogP) is 3.56. The molecule has 0 saturated carbocycles. The molecule has 1 aromatic rings. The number of benzene rings is 1. The third-order valence-electron chi connectivity index (χ3n) is 4.62. The molecular formula is C18H28N2. The van der Waals surface area contributed by atoms with E-state index < -0.39 is 0 Å². The normalized spacial score (nSPS) is 23.9. The van der Waals surface area contributed by atoms with Gasteiger partial charge in [0.25, 0.3) is 0 Å². The van der Waals surface area contributed by atoms with Crippen LogP contribution in [0, 0.1) is 5.41 Å². The lowest BCUT2D eigenvalue weighted by Gasteiger charge is -2.38. The van der Waals surface area contributed by atoms with Crippen molar-refractivity contribution in [1.29, 1.82) is 0 Å². The Bertz CT molecular complexity index is 443. The number of rotatable bonds is 2. The van der Waals surface area contributed by atoms with Crippen molar-refractivity contribution in [2.45, 2.75) is 46.1 Å². The smallest absolute Gasteiger partial charge is 0.0367 e. The van der Waals surface area contributed by atoms with Crippen molar-refractivity contribution in [3.8, 4) is 0 Å². The molecule has 0 amide bonds. The first kappa shape index (κ1) is 13.9. The van der Waals surface area contributed by atoms with Crippen LogP contribution in [0.25, 0.3) is 0 Å². The minimum absolute atomic E-state index is 0.372. The lowest BCUT2D eigenvalue weighted by atomic mass is 9.88. The van der Waals surface area contributed by atoms with Gasteiger partial charge in [0, 0.05) is 31.4 Å². The largest absolute Gasteiger partial charge is 0.369 e. The van der Waals surface area contributed by atoms with Gasteiger partial charge >= 0.3 is 0 Å². The number of hydrogen-bond donors (Lipinski definition) is 0. The van der Waals surface area contributed by atoms with Crippen LogP contribution in [0.4, 0.5) is 5.69 Å². The highest BCUT2D eigenvalue weighted by Gasteiger charge is 2.30. The molecule has 110 valence electrons. The zero-order valence-corrected chi connectivity index (χ0v) is 13.2. The summed E-state index contributed by atoms with van der Waals surface area (Å²) in [6.07, 6.45) is 3.94. The second kappa shape index (κ2) is 5.40. The molecule has 2 saturated heterocycles. The van der Waals surface area contributed by atoms with E-state index in [0.717, 1.165) is 12.5 Å². The summed E-state index contributed by atoms with van der Waals surface area (Å²) in [4.78, 5) is 5.25. The fourth-order valence-corrected chi connectivity index (χ4v) is 3.66. The van der Waals surface area contributed by atoms with Crippen LogP contribution >= 0.6 is 0 Å². The Morgan fingerprint density at radius 3 is 2.50 bits per heavy atom. The van der Waals surface area contributed by atoms with E-state index in [4.69, 9.17) is 0 Å². The molecule has 0 N–H and O–H groups in total. The summed E-state index contributed by atoms with van der Waals surface area (Å²) in [7, 11) is 0. The van der Waals surface area contributed by atoms with Gasteiger partial charge in [-0.3, -0.25) is 4.90 Å². The van der Waals surface area contributed by atoms with Gasteiger partial charge in [-0.25, -0.2) is 0 Å². The molecular weight excluding hydrogens is 244 g/mol. The van der Waals surface area contributed by atoms with Gasteiger partial charge in [0.1, 0.15) is 0 Å². The summed E-state index contributed by atoms with van der Waals surface area (Å²) < 4.78 is 0. The third-order valence-corrected chi connectivity index (χ3v) is 4.62. The lowest BCUT2D eigenvalue weighted by molar-refractivity contribution is 0.231. The lowest BCUT2D eigenvalue weighted by Crippen LogP contribution is -2.50. The number of fused-ring (bicyclic) bond motifs is 1. The quantitative estimate of drug-likeness (QED) is 0.812. The van der Waals surface area contributed by atoms with Gasteiger partial charge in [-0.1, -0.05) is 32.9 Å². The minimum Gasteiger partial charge on any atom is -0.369 e. The van der Waals surface area contributed by atoms with Crippen LogP contribution in [0.1, 0.15) is 39.2 Å². The molecule has 2 aliphatic heterocycles. The van der Waals surface area contributed by atoms with E-state index in [0.29, 0.717) is 5.41 Å². The second-order valence-electron chi connectivity index (χ2n) is 7.68. The van der Waals surface area contributed by atoms with Gasteiger partial charge in [0.15, 0.2) is 0 Å². The zero-order chi connectivity index (χ0) is 14.2. The molecule has 0 aliphatic carbocycles. The van der Waals surface area contributed by atoms with Crippen molar-refractivity contribution >= 4 is 5.69 Å². The highest BCUT2D eigenvalue weighted by Crippen LogP contribution is 2.27. The van der Waals surface area contributed by atoms with Crippen molar-refractivity contribution in [3.63, 3.8) is 0 Å². The minimum atomic E-state index is 0.372. The van der Waals surface area contributed by atoms with Crippen LogP contribution in [0.15, 0.2) is 24.3 Å². The van der Waals surface area contributed by atoms with Crippen LogP contribution < -0.4 is 4.90 Å². The maximum Gasteiger partial charge on any atom is 0.0367 e. The highest BCUT2D eigenvalue weighted by atomic mass is 15.3. The van der Waals surface area contributed by atoms with Crippen LogP contribution in [-0.2, 0) is 6.42 Å². The maximum atomic E-state index is 2.67. The molecule has 0 aromatic heterocycles. The molecule has 0 radical (unpaired) electrons. The SMILES string of the molecule is CC(C)(C)Cc1ccc(N2CCN3CCCC3C2)cc1. The molecule has 0 spiro atoms. The van der Waals surface area contributed by atoms with E-state index >= 15 is 0 Å². The Hall–Kier alpha value is -1.02. The molecule has 2 heteroatoms. The van der Waals surface area contributed by atoms with E-state index in [2.05, 4.69) is 54.8 Å². The summed E-state index contributed by atoms with van der Waals surface area (Å²) in [5.74, 6) is 0. The fourth-order valence-electron chi connectivity index (χ4n) is 3.66. The first-order valence-corrected chi connectivity index (χ1v) is 8.09. The highest BCUT2D eigenvalue weighted by molar-refractivity contribution is 5.48. The monoisotopic (exact) mass is 272 g/mol. The molecule has 2 aliphatic rings. The fraction of sp³-hybridized carbons (Fsp3) is 0.667. The van der Waals surface area contributed by atoms with Crippen molar-refractivity contribution < 1.29 is 0 Å². The molecule has 1 atom stereocenters. The summed E-state index contributed by atoms with van der Waals surface area (Å²) in [6, 6.07) is 10.1. The molecule has 2 fully saturated rings. The van der Waals surface area contributed by atoms with Gasteiger partial charge < -0.3 is 4.90 Å². The summed E-state index contributed by atoms with van der Waals surface area (Å²) in [6.45, 7) is 11.9. The Morgan fingerprint density at radius 2 is 1.80 bits per heavy atom. The molecule has 1 unspecified atom stereocenters. The molecule has 0 bridgehead atoms. The van der Waals surface area contributed by atoms with Gasteiger partial charge in [0.05, 0.1) is 0 Å². The first-order valence-electron chi connectivity index (χ1n) is 8.09.